The highest BCUT2D eigenvalue weighted by Gasteiger charge is 2.30. The summed E-state index contributed by atoms with van der Waals surface area (Å²) in [6.07, 6.45) is 8.25. The first kappa shape index (κ1) is 14.6. The Labute approximate surface area is 130 Å². The van der Waals surface area contributed by atoms with E-state index in [1.165, 1.54) is 0 Å². The summed E-state index contributed by atoms with van der Waals surface area (Å²) in [7, 11) is 0. The molecule has 0 aromatic carbocycles. The van der Waals surface area contributed by atoms with Crippen LogP contribution in [0.15, 0.2) is 36.7 Å². The molecule has 3 heterocycles. The highest BCUT2D eigenvalue weighted by molar-refractivity contribution is 5.79. The molecule has 1 atom stereocenters. The number of H-pyrrole nitrogens is 1. The molecule has 0 aliphatic carbocycles. The molecule has 1 aliphatic rings. The Balaban J connectivity index is 1.89. The van der Waals surface area contributed by atoms with E-state index in [0.717, 1.165) is 23.0 Å². The van der Waals surface area contributed by atoms with Crippen molar-refractivity contribution in [3.8, 4) is 0 Å². The van der Waals surface area contributed by atoms with Gasteiger partial charge < -0.3 is 9.72 Å². The van der Waals surface area contributed by atoms with Crippen molar-refractivity contribution >= 4 is 17.0 Å². The van der Waals surface area contributed by atoms with Gasteiger partial charge in [-0.1, -0.05) is 12.2 Å². The van der Waals surface area contributed by atoms with Crippen molar-refractivity contribution in [2.75, 3.05) is 6.54 Å². The van der Waals surface area contributed by atoms with E-state index in [0.29, 0.717) is 6.54 Å². The average molecular weight is 299 g/mol. The van der Waals surface area contributed by atoms with E-state index in [9.17, 15) is 4.79 Å². The van der Waals surface area contributed by atoms with Gasteiger partial charge in [0.2, 0.25) is 0 Å². The van der Waals surface area contributed by atoms with E-state index < -0.39 is 5.60 Å². The van der Waals surface area contributed by atoms with Gasteiger partial charge in [0.1, 0.15) is 5.60 Å². The molecule has 5 heteroatoms. The third kappa shape index (κ3) is 2.98. The molecule has 2 aromatic rings. The maximum atomic E-state index is 12.4. The van der Waals surface area contributed by atoms with Crippen LogP contribution in [0.1, 0.15) is 38.9 Å². The maximum absolute atomic E-state index is 12.4. The fourth-order valence-corrected chi connectivity index (χ4v) is 2.62. The quantitative estimate of drug-likeness (QED) is 0.815. The Morgan fingerprint density at radius 1 is 1.41 bits per heavy atom. The number of amides is 1. The summed E-state index contributed by atoms with van der Waals surface area (Å²) in [6, 6.07) is 3.96. The van der Waals surface area contributed by atoms with E-state index in [1.54, 1.807) is 4.90 Å². The molecule has 1 amide bonds. The number of rotatable bonds is 1. The SMILES string of the molecule is CC(C)(C)OC(=O)N1CC=CCC1c1cc2cc[nH]c2cn1. The molecular weight excluding hydrogens is 278 g/mol. The van der Waals surface area contributed by atoms with Crippen LogP contribution in [0.2, 0.25) is 0 Å². The Morgan fingerprint density at radius 2 is 2.23 bits per heavy atom. The van der Waals surface area contributed by atoms with Crippen LogP contribution in [-0.4, -0.2) is 33.1 Å². The molecule has 5 nitrogen and oxygen atoms in total. The number of pyridine rings is 1. The Bertz CT molecular complexity index is 712. The van der Waals surface area contributed by atoms with Gasteiger partial charge in [0.05, 0.1) is 23.4 Å². The predicted octanol–water partition coefficient (Wildman–Crippen LogP) is 3.80. The van der Waals surface area contributed by atoms with Crippen LogP contribution in [0.4, 0.5) is 4.79 Å². The summed E-state index contributed by atoms with van der Waals surface area (Å²) in [6.45, 7) is 6.18. The lowest BCUT2D eigenvalue weighted by Gasteiger charge is -2.34. The smallest absolute Gasteiger partial charge is 0.411 e. The van der Waals surface area contributed by atoms with Gasteiger partial charge >= 0.3 is 6.09 Å². The molecule has 1 N–H and O–H groups in total. The maximum Gasteiger partial charge on any atom is 0.411 e. The Kier molecular flexibility index (Phi) is 3.64. The molecule has 22 heavy (non-hydrogen) atoms. The van der Waals surface area contributed by atoms with Gasteiger partial charge in [-0.15, -0.1) is 0 Å². The van der Waals surface area contributed by atoms with E-state index in [-0.39, 0.29) is 12.1 Å². The lowest BCUT2D eigenvalue weighted by atomic mass is 10.0. The largest absolute Gasteiger partial charge is 0.444 e. The molecule has 0 bridgehead atoms. The van der Waals surface area contributed by atoms with Gasteiger partial charge in [-0.3, -0.25) is 9.88 Å². The second kappa shape index (κ2) is 5.48. The summed E-state index contributed by atoms with van der Waals surface area (Å²) < 4.78 is 5.52. The Morgan fingerprint density at radius 3 is 3.00 bits per heavy atom. The Hall–Kier alpha value is -2.30. The highest BCUT2D eigenvalue weighted by atomic mass is 16.6. The number of fused-ring (bicyclic) bond motifs is 1. The number of carbonyl (C=O) groups excluding carboxylic acids is 1. The number of hydrogen-bond acceptors (Lipinski definition) is 3. The minimum absolute atomic E-state index is 0.0841. The van der Waals surface area contributed by atoms with Gasteiger partial charge in [0.15, 0.2) is 0 Å². The lowest BCUT2D eigenvalue weighted by Crippen LogP contribution is -2.40. The fraction of sp³-hybridized carbons (Fsp3) is 0.412. The second-order valence-electron chi connectivity index (χ2n) is 6.53. The zero-order valence-electron chi connectivity index (χ0n) is 13.2. The van der Waals surface area contributed by atoms with Crippen LogP contribution < -0.4 is 0 Å². The molecule has 1 unspecified atom stereocenters. The third-order valence-corrected chi connectivity index (χ3v) is 3.63. The molecule has 0 saturated carbocycles. The summed E-state index contributed by atoms with van der Waals surface area (Å²) in [5.41, 5.74) is 1.39. The molecule has 116 valence electrons. The van der Waals surface area contributed by atoms with Gasteiger partial charge in [-0.05, 0) is 39.3 Å². The second-order valence-corrected chi connectivity index (χ2v) is 6.53. The molecule has 0 radical (unpaired) electrons. The molecule has 3 rings (SSSR count). The molecular formula is C17H21N3O2. The van der Waals surface area contributed by atoms with Gasteiger partial charge in [-0.2, -0.15) is 0 Å². The van der Waals surface area contributed by atoms with Gasteiger partial charge in [-0.25, -0.2) is 4.79 Å². The molecule has 0 fully saturated rings. The van der Waals surface area contributed by atoms with Gasteiger partial charge in [0.25, 0.3) is 0 Å². The van der Waals surface area contributed by atoms with Crippen LogP contribution in [-0.2, 0) is 4.74 Å². The topological polar surface area (TPSA) is 58.2 Å². The highest BCUT2D eigenvalue weighted by Crippen LogP contribution is 2.29. The summed E-state index contributed by atoms with van der Waals surface area (Å²) in [5, 5.41) is 1.10. The van der Waals surface area contributed by atoms with Crippen LogP contribution >= 0.6 is 0 Å². The van der Waals surface area contributed by atoms with Crippen molar-refractivity contribution in [3.05, 3.63) is 42.4 Å². The number of hydrogen-bond donors (Lipinski definition) is 1. The monoisotopic (exact) mass is 299 g/mol. The average Bonchev–Trinajstić information content (AvgIpc) is 2.92. The zero-order valence-corrected chi connectivity index (χ0v) is 13.2. The number of ether oxygens (including phenoxy) is 1. The number of aromatic nitrogens is 2. The molecule has 0 saturated heterocycles. The third-order valence-electron chi connectivity index (χ3n) is 3.63. The molecule has 1 aliphatic heterocycles. The van der Waals surface area contributed by atoms with Crippen molar-refractivity contribution in [3.63, 3.8) is 0 Å². The van der Waals surface area contributed by atoms with E-state index >= 15 is 0 Å². The van der Waals surface area contributed by atoms with E-state index in [4.69, 9.17) is 4.74 Å². The van der Waals surface area contributed by atoms with Crippen LogP contribution in [0.3, 0.4) is 0 Å². The minimum atomic E-state index is -0.499. The number of nitrogens with one attached hydrogen (secondary N) is 1. The van der Waals surface area contributed by atoms with Gasteiger partial charge in [0, 0.05) is 18.1 Å². The molecule has 2 aromatic heterocycles. The first-order chi connectivity index (χ1) is 10.4. The van der Waals surface area contributed by atoms with Crippen molar-refractivity contribution in [1.82, 2.24) is 14.9 Å². The van der Waals surface area contributed by atoms with Crippen molar-refractivity contribution < 1.29 is 9.53 Å². The number of aromatic amines is 1. The summed E-state index contributed by atoms with van der Waals surface area (Å²) >= 11 is 0. The fourth-order valence-electron chi connectivity index (χ4n) is 2.62. The first-order valence-corrected chi connectivity index (χ1v) is 7.52. The normalized spacial score (nSPS) is 18.7. The predicted molar refractivity (Wildman–Crippen MR) is 85.5 cm³/mol. The number of carbonyl (C=O) groups is 1. The number of nitrogens with zero attached hydrogens (tertiary/aromatic N) is 2. The van der Waals surface area contributed by atoms with Crippen LogP contribution in [0, 0.1) is 0 Å². The van der Waals surface area contributed by atoms with Crippen molar-refractivity contribution in [1.29, 1.82) is 0 Å². The van der Waals surface area contributed by atoms with E-state index in [1.807, 2.05) is 51.4 Å². The first-order valence-electron chi connectivity index (χ1n) is 7.52. The standard InChI is InChI=1S/C17H21N3O2/c1-17(2,3)22-16(21)20-9-5-4-6-15(20)13-10-12-7-8-18-14(12)11-19-13/h4-5,7-8,10-11,15,18H,6,9H2,1-3H3. The van der Waals surface area contributed by atoms with E-state index in [2.05, 4.69) is 16.0 Å². The van der Waals surface area contributed by atoms with Crippen LogP contribution in [0.5, 0.6) is 0 Å². The molecule has 0 spiro atoms. The van der Waals surface area contributed by atoms with Crippen molar-refractivity contribution in [2.24, 2.45) is 0 Å². The summed E-state index contributed by atoms with van der Waals surface area (Å²) in [5.74, 6) is 0. The van der Waals surface area contributed by atoms with Crippen molar-refractivity contribution in [2.45, 2.75) is 38.8 Å². The minimum Gasteiger partial charge on any atom is -0.444 e. The summed E-state index contributed by atoms with van der Waals surface area (Å²) in [4.78, 5) is 21.8. The lowest BCUT2D eigenvalue weighted by molar-refractivity contribution is 0.0172. The zero-order chi connectivity index (χ0) is 15.7. The van der Waals surface area contributed by atoms with Crippen LogP contribution in [0.25, 0.3) is 10.9 Å².